The summed E-state index contributed by atoms with van der Waals surface area (Å²) in [5, 5.41) is 4.25. The number of para-hydroxylation sites is 1. The molecule has 0 bridgehead atoms. The molecule has 0 aliphatic carbocycles. The third-order valence-corrected chi connectivity index (χ3v) is 8.15. The zero-order chi connectivity index (χ0) is 29.0. The standard InChI is InChI=1S/C39H23N3O2/c1-3-9-24(10-4-1)25-15-17-27(18-16-25)38-40-37(26-11-5-2-6-12-26)41-39(42-38)28-19-20-30-32-22-31-29-13-7-8-14-33(29)43-35(31)23-36(32)44-34(30)21-28/h1-23H. The first-order chi connectivity index (χ1) is 21.8. The van der Waals surface area contributed by atoms with Gasteiger partial charge in [0.2, 0.25) is 0 Å². The molecule has 0 saturated heterocycles. The summed E-state index contributed by atoms with van der Waals surface area (Å²) in [7, 11) is 0. The molecule has 6 aromatic carbocycles. The molecule has 3 heterocycles. The first kappa shape index (κ1) is 24.5. The van der Waals surface area contributed by atoms with E-state index >= 15 is 0 Å². The van der Waals surface area contributed by atoms with E-state index in [1.54, 1.807) is 0 Å². The number of fused-ring (bicyclic) bond motifs is 6. The van der Waals surface area contributed by atoms with Gasteiger partial charge in [-0.2, -0.15) is 0 Å². The molecule has 0 fully saturated rings. The summed E-state index contributed by atoms with van der Waals surface area (Å²) in [5.74, 6) is 1.82. The quantitative estimate of drug-likeness (QED) is 0.212. The Kier molecular flexibility index (Phi) is 5.43. The molecule has 3 aromatic heterocycles. The van der Waals surface area contributed by atoms with Gasteiger partial charge in [0.15, 0.2) is 17.5 Å². The van der Waals surface area contributed by atoms with Crippen LogP contribution in [0.3, 0.4) is 0 Å². The summed E-state index contributed by atoms with van der Waals surface area (Å²) >= 11 is 0. The minimum Gasteiger partial charge on any atom is -0.456 e. The second-order valence-electron chi connectivity index (χ2n) is 10.9. The number of hydrogen-bond donors (Lipinski definition) is 0. The van der Waals surface area contributed by atoms with Crippen LogP contribution >= 0.6 is 0 Å². The maximum Gasteiger partial charge on any atom is 0.164 e. The van der Waals surface area contributed by atoms with E-state index < -0.39 is 0 Å². The molecule has 206 valence electrons. The molecule has 5 heteroatoms. The number of aromatic nitrogens is 3. The van der Waals surface area contributed by atoms with Crippen molar-refractivity contribution in [3.05, 3.63) is 140 Å². The predicted octanol–water partition coefficient (Wildman–Crippen LogP) is 10.3. The van der Waals surface area contributed by atoms with E-state index in [2.05, 4.69) is 60.7 Å². The molecule has 0 N–H and O–H groups in total. The highest BCUT2D eigenvalue weighted by Gasteiger charge is 2.16. The lowest BCUT2D eigenvalue weighted by atomic mass is 10.0. The number of hydrogen-bond acceptors (Lipinski definition) is 5. The van der Waals surface area contributed by atoms with Gasteiger partial charge in [0.05, 0.1) is 0 Å². The zero-order valence-electron chi connectivity index (χ0n) is 23.4. The van der Waals surface area contributed by atoms with Gasteiger partial charge in [-0.05, 0) is 35.4 Å². The van der Waals surface area contributed by atoms with Crippen molar-refractivity contribution < 1.29 is 8.83 Å². The van der Waals surface area contributed by atoms with Crippen LogP contribution in [0, 0.1) is 0 Å². The fourth-order valence-electron chi connectivity index (χ4n) is 5.93. The summed E-state index contributed by atoms with van der Waals surface area (Å²) in [6, 6.07) is 47.1. The zero-order valence-corrected chi connectivity index (χ0v) is 23.4. The molecule has 0 radical (unpaired) electrons. The Bertz CT molecular complexity index is 2480. The predicted molar refractivity (Wildman–Crippen MR) is 176 cm³/mol. The third kappa shape index (κ3) is 4.06. The first-order valence-electron chi connectivity index (χ1n) is 14.5. The highest BCUT2D eigenvalue weighted by Crippen LogP contribution is 2.38. The second-order valence-corrected chi connectivity index (χ2v) is 10.9. The van der Waals surface area contributed by atoms with Gasteiger partial charge in [-0.15, -0.1) is 0 Å². The molecular weight excluding hydrogens is 542 g/mol. The van der Waals surface area contributed by atoms with Crippen molar-refractivity contribution in [3.8, 4) is 45.3 Å². The van der Waals surface area contributed by atoms with Gasteiger partial charge in [0.1, 0.15) is 22.3 Å². The molecule has 5 nitrogen and oxygen atoms in total. The van der Waals surface area contributed by atoms with Crippen molar-refractivity contribution >= 4 is 43.9 Å². The van der Waals surface area contributed by atoms with Crippen LogP contribution in [0.4, 0.5) is 0 Å². The minimum absolute atomic E-state index is 0.586. The van der Waals surface area contributed by atoms with E-state index in [0.717, 1.165) is 66.1 Å². The van der Waals surface area contributed by atoms with Gasteiger partial charge in [-0.25, -0.2) is 15.0 Å². The van der Waals surface area contributed by atoms with E-state index in [4.69, 9.17) is 23.8 Å². The largest absolute Gasteiger partial charge is 0.456 e. The highest BCUT2D eigenvalue weighted by molar-refractivity contribution is 6.15. The number of furan rings is 2. The molecule has 0 spiro atoms. The van der Waals surface area contributed by atoms with E-state index in [1.165, 1.54) is 5.56 Å². The Morgan fingerprint density at radius 1 is 0.295 bits per heavy atom. The lowest BCUT2D eigenvalue weighted by molar-refractivity contribution is 0.656. The average molecular weight is 566 g/mol. The SMILES string of the molecule is c1ccc(-c2ccc(-c3nc(-c4ccccc4)nc(-c4ccc5c(c4)oc4cc6oc7ccccc7c6cc45)n3)cc2)cc1. The van der Waals surface area contributed by atoms with Crippen LogP contribution in [-0.4, -0.2) is 15.0 Å². The van der Waals surface area contributed by atoms with Crippen molar-refractivity contribution in [2.75, 3.05) is 0 Å². The van der Waals surface area contributed by atoms with Crippen LogP contribution < -0.4 is 0 Å². The normalized spacial score (nSPS) is 11.6. The van der Waals surface area contributed by atoms with Crippen molar-refractivity contribution in [1.29, 1.82) is 0 Å². The summed E-state index contributed by atoms with van der Waals surface area (Å²) in [5.41, 5.74) is 8.24. The topological polar surface area (TPSA) is 65.0 Å². The van der Waals surface area contributed by atoms with Crippen LogP contribution in [0.15, 0.2) is 148 Å². The molecule has 0 aliphatic heterocycles. The molecule has 0 aliphatic rings. The van der Waals surface area contributed by atoms with Crippen molar-refractivity contribution in [2.45, 2.75) is 0 Å². The second kappa shape index (κ2) is 9.75. The summed E-state index contributed by atoms with van der Waals surface area (Å²) in [6.07, 6.45) is 0. The summed E-state index contributed by atoms with van der Waals surface area (Å²) < 4.78 is 12.5. The van der Waals surface area contributed by atoms with Gasteiger partial charge in [-0.1, -0.05) is 109 Å². The third-order valence-electron chi connectivity index (χ3n) is 8.15. The number of nitrogens with zero attached hydrogens (tertiary/aromatic N) is 3. The van der Waals surface area contributed by atoms with Crippen LogP contribution in [0.25, 0.3) is 89.2 Å². The smallest absolute Gasteiger partial charge is 0.164 e. The Hall–Kier alpha value is -6.07. The first-order valence-corrected chi connectivity index (χ1v) is 14.5. The van der Waals surface area contributed by atoms with E-state index in [1.807, 2.05) is 78.9 Å². The number of benzene rings is 6. The molecule has 0 unspecified atom stereocenters. The van der Waals surface area contributed by atoms with Gasteiger partial charge in [-0.3, -0.25) is 0 Å². The van der Waals surface area contributed by atoms with Gasteiger partial charge >= 0.3 is 0 Å². The highest BCUT2D eigenvalue weighted by atomic mass is 16.3. The van der Waals surface area contributed by atoms with Crippen molar-refractivity contribution in [3.63, 3.8) is 0 Å². The maximum absolute atomic E-state index is 6.37. The number of rotatable bonds is 4. The maximum atomic E-state index is 6.37. The minimum atomic E-state index is 0.586. The van der Waals surface area contributed by atoms with E-state index in [-0.39, 0.29) is 0 Å². The molecule has 0 atom stereocenters. The monoisotopic (exact) mass is 565 g/mol. The lowest BCUT2D eigenvalue weighted by Crippen LogP contribution is -2.00. The Morgan fingerprint density at radius 3 is 1.45 bits per heavy atom. The van der Waals surface area contributed by atoms with Crippen LogP contribution in [0.1, 0.15) is 0 Å². The Balaban J connectivity index is 1.17. The van der Waals surface area contributed by atoms with Crippen LogP contribution in [0.5, 0.6) is 0 Å². The van der Waals surface area contributed by atoms with E-state index in [0.29, 0.717) is 17.5 Å². The van der Waals surface area contributed by atoms with E-state index in [9.17, 15) is 0 Å². The average Bonchev–Trinajstić information content (AvgIpc) is 3.64. The molecule has 9 aromatic rings. The van der Waals surface area contributed by atoms with Gasteiger partial charge < -0.3 is 8.83 Å². The van der Waals surface area contributed by atoms with Crippen molar-refractivity contribution in [2.24, 2.45) is 0 Å². The summed E-state index contributed by atoms with van der Waals surface area (Å²) in [6.45, 7) is 0. The summed E-state index contributed by atoms with van der Waals surface area (Å²) in [4.78, 5) is 14.8. The molecule has 44 heavy (non-hydrogen) atoms. The fourth-order valence-corrected chi connectivity index (χ4v) is 5.93. The molecule has 9 rings (SSSR count). The molecule has 0 saturated carbocycles. The molecule has 0 amide bonds. The van der Waals surface area contributed by atoms with Crippen LogP contribution in [-0.2, 0) is 0 Å². The van der Waals surface area contributed by atoms with Crippen LogP contribution in [0.2, 0.25) is 0 Å². The van der Waals surface area contributed by atoms with Gasteiger partial charge in [0, 0.05) is 44.3 Å². The van der Waals surface area contributed by atoms with Gasteiger partial charge in [0.25, 0.3) is 0 Å². The Morgan fingerprint density at radius 2 is 0.750 bits per heavy atom. The fraction of sp³-hybridized carbons (Fsp3) is 0. The van der Waals surface area contributed by atoms with Crippen molar-refractivity contribution in [1.82, 2.24) is 15.0 Å². The molecular formula is C39H23N3O2. The lowest BCUT2D eigenvalue weighted by Gasteiger charge is -2.09. The Labute approximate surface area is 252 Å².